The second kappa shape index (κ2) is 5.73. The Hall–Kier alpha value is -1.72. The van der Waals surface area contributed by atoms with Gasteiger partial charge >= 0.3 is 0 Å². The van der Waals surface area contributed by atoms with Crippen molar-refractivity contribution in [1.82, 2.24) is 4.98 Å². The molecular weight excluding hydrogens is 274 g/mol. The summed E-state index contributed by atoms with van der Waals surface area (Å²) in [5.74, 6) is 0. The van der Waals surface area contributed by atoms with Crippen molar-refractivity contribution in [3.63, 3.8) is 0 Å². The minimum Gasteiger partial charge on any atom is -0.395 e. The molecule has 0 aliphatic rings. The van der Waals surface area contributed by atoms with Crippen molar-refractivity contribution in [3.8, 4) is 0 Å². The summed E-state index contributed by atoms with van der Waals surface area (Å²) < 4.78 is 25.2. The van der Waals surface area contributed by atoms with E-state index in [0.717, 1.165) is 11.1 Å². The summed E-state index contributed by atoms with van der Waals surface area (Å²) in [6, 6.07) is 10.3. The molecule has 20 heavy (non-hydrogen) atoms. The normalized spacial score (nSPS) is 13.2. The molecular formula is C15H17NO3S. The van der Waals surface area contributed by atoms with Gasteiger partial charge in [-0.05, 0) is 37.1 Å². The van der Waals surface area contributed by atoms with Gasteiger partial charge in [-0.2, -0.15) is 0 Å². The van der Waals surface area contributed by atoms with Crippen molar-refractivity contribution in [2.45, 2.75) is 24.1 Å². The summed E-state index contributed by atoms with van der Waals surface area (Å²) in [4.78, 5) is 3.90. The first-order valence-corrected chi connectivity index (χ1v) is 7.84. The average Bonchev–Trinajstić information content (AvgIpc) is 2.44. The molecule has 1 atom stereocenters. The number of benzene rings is 1. The Bertz CT molecular complexity index is 696. The van der Waals surface area contributed by atoms with Crippen molar-refractivity contribution >= 4 is 9.84 Å². The third-order valence-electron chi connectivity index (χ3n) is 3.25. The zero-order valence-corrected chi connectivity index (χ0v) is 12.3. The third-order valence-corrected chi connectivity index (χ3v) is 5.23. The minimum atomic E-state index is -3.70. The first-order chi connectivity index (χ1) is 9.46. The van der Waals surface area contributed by atoms with Gasteiger partial charge < -0.3 is 5.11 Å². The van der Waals surface area contributed by atoms with Gasteiger partial charge in [0.05, 0.1) is 6.61 Å². The predicted octanol–water partition coefficient (Wildman–Crippen LogP) is 2.21. The standard InChI is InChI=1S/C15H17NO3S/c1-11-6-7-12(2)13(9-11)14(10-17)20(18,19)15-5-3-4-8-16-15/h3-9,14,17H,10H2,1-2H3/t14-/m0/s1. The van der Waals surface area contributed by atoms with Crippen LogP contribution in [0.3, 0.4) is 0 Å². The second-order valence-electron chi connectivity index (χ2n) is 4.74. The van der Waals surface area contributed by atoms with E-state index in [1.54, 1.807) is 18.2 Å². The SMILES string of the molecule is Cc1ccc(C)c([C@H](CO)S(=O)(=O)c2ccccn2)c1. The zero-order chi connectivity index (χ0) is 14.8. The molecule has 2 aromatic rings. The van der Waals surface area contributed by atoms with Gasteiger partial charge in [-0.15, -0.1) is 0 Å². The Morgan fingerprint density at radius 3 is 2.55 bits per heavy atom. The maximum Gasteiger partial charge on any atom is 0.204 e. The second-order valence-corrected chi connectivity index (χ2v) is 6.82. The molecule has 1 N–H and O–H groups in total. The van der Waals surface area contributed by atoms with Gasteiger partial charge in [0.25, 0.3) is 0 Å². The number of hydrogen-bond donors (Lipinski definition) is 1. The summed E-state index contributed by atoms with van der Waals surface area (Å²) in [5.41, 5.74) is 2.42. The lowest BCUT2D eigenvalue weighted by atomic mass is 10.0. The fraction of sp³-hybridized carbons (Fsp3) is 0.267. The monoisotopic (exact) mass is 291 g/mol. The van der Waals surface area contributed by atoms with Gasteiger partial charge in [0.15, 0.2) is 5.03 Å². The lowest BCUT2D eigenvalue weighted by Gasteiger charge is -2.18. The Kier molecular flexibility index (Phi) is 4.20. The highest BCUT2D eigenvalue weighted by molar-refractivity contribution is 7.91. The third kappa shape index (κ3) is 2.73. The van der Waals surface area contributed by atoms with Crippen molar-refractivity contribution in [2.24, 2.45) is 0 Å². The van der Waals surface area contributed by atoms with Crippen LogP contribution in [-0.4, -0.2) is 25.1 Å². The highest BCUT2D eigenvalue weighted by Crippen LogP contribution is 2.30. The Morgan fingerprint density at radius 1 is 1.20 bits per heavy atom. The maximum absolute atomic E-state index is 12.6. The van der Waals surface area contributed by atoms with E-state index in [1.807, 2.05) is 26.0 Å². The Balaban J connectivity index is 2.55. The fourth-order valence-corrected chi connectivity index (χ4v) is 3.68. The van der Waals surface area contributed by atoms with Crippen molar-refractivity contribution in [1.29, 1.82) is 0 Å². The molecule has 0 saturated heterocycles. The van der Waals surface area contributed by atoms with Crippen LogP contribution in [0.5, 0.6) is 0 Å². The summed E-state index contributed by atoms with van der Waals surface area (Å²) >= 11 is 0. The summed E-state index contributed by atoms with van der Waals surface area (Å²) in [6.07, 6.45) is 1.43. The molecule has 0 aliphatic heterocycles. The maximum atomic E-state index is 12.6. The minimum absolute atomic E-state index is 0.0139. The number of rotatable bonds is 4. The van der Waals surface area contributed by atoms with Gasteiger partial charge in [0, 0.05) is 6.20 Å². The quantitative estimate of drug-likeness (QED) is 0.937. The van der Waals surface area contributed by atoms with E-state index in [0.29, 0.717) is 5.56 Å². The van der Waals surface area contributed by atoms with E-state index in [1.165, 1.54) is 12.3 Å². The average molecular weight is 291 g/mol. The van der Waals surface area contributed by atoms with Crippen LogP contribution in [0.4, 0.5) is 0 Å². The zero-order valence-electron chi connectivity index (χ0n) is 11.4. The lowest BCUT2D eigenvalue weighted by Crippen LogP contribution is -2.19. The van der Waals surface area contributed by atoms with Gasteiger partial charge in [-0.1, -0.05) is 29.8 Å². The molecule has 1 heterocycles. The number of aryl methyl sites for hydroxylation is 2. The molecule has 1 aromatic heterocycles. The number of hydrogen-bond acceptors (Lipinski definition) is 4. The molecule has 0 amide bonds. The molecule has 0 saturated carbocycles. The van der Waals surface area contributed by atoms with Crippen molar-refractivity contribution < 1.29 is 13.5 Å². The van der Waals surface area contributed by atoms with Crippen LogP contribution in [-0.2, 0) is 9.84 Å². The molecule has 0 bridgehead atoms. The van der Waals surface area contributed by atoms with Gasteiger partial charge in [0.2, 0.25) is 9.84 Å². The van der Waals surface area contributed by atoms with Gasteiger partial charge in [-0.25, -0.2) is 13.4 Å². The van der Waals surface area contributed by atoms with Gasteiger partial charge in [0.1, 0.15) is 5.25 Å². The van der Waals surface area contributed by atoms with Crippen LogP contribution in [0.25, 0.3) is 0 Å². The number of aliphatic hydroxyl groups is 1. The molecule has 106 valence electrons. The molecule has 0 fully saturated rings. The van der Waals surface area contributed by atoms with Crippen molar-refractivity contribution in [3.05, 3.63) is 59.3 Å². The number of aliphatic hydroxyl groups excluding tert-OH is 1. The van der Waals surface area contributed by atoms with Crippen LogP contribution < -0.4 is 0 Å². The highest BCUT2D eigenvalue weighted by atomic mass is 32.2. The Labute approximate surface area is 119 Å². The number of aromatic nitrogens is 1. The largest absolute Gasteiger partial charge is 0.395 e. The van der Waals surface area contributed by atoms with E-state index in [4.69, 9.17) is 0 Å². The van der Waals surface area contributed by atoms with Crippen molar-refractivity contribution in [2.75, 3.05) is 6.61 Å². The van der Waals surface area contributed by atoms with Gasteiger partial charge in [-0.3, -0.25) is 0 Å². The van der Waals surface area contributed by atoms with E-state index < -0.39 is 21.7 Å². The topological polar surface area (TPSA) is 67.3 Å². The molecule has 2 rings (SSSR count). The van der Waals surface area contributed by atoms with Crippen LogP contribution in [0, 0.1) is 13.8 Å². The van der Waals surface area contributed by atoms with E-state index >= 15 is 0 Å². The molecule has 0 spiro atoms. The predicted molar refractivity (Wildman–Crippen MR) is 77.2 cm³/mol. The number of pyridine rings is 1. The number of sulfone groups is 1. The van der Waals surface area contributed by atoms with Crippen LogP contribution >= 0.6 is 0 Å². The molecule has 5 heteroatoms. The van der Waals surface area contributed by atoms with E-state index in [9.17, 15) is 13.5 Å². The first kappa shape index (κ1) is 14.7. The molecule has 0 radical (unpaired) electrons. The lowest BCUT2D eigenvalue weighted by molar-refractivity contribution is 0.291. The molecule has 0 aliphatic carbocycles. The number of nitrogens with zero attached hydrogens (tertiary/aromatic N) is 1. The molecule has 1 aromatic carbocycles. The van der Waals surface area contributed by atoms with Crippen LogP contribution in [0.2, 0.25) is 0 Å². The Morgan fingerprint density at radius 2 is 1.95 bits per heavy atom. The highest BCUT2D eigenvalue weighted by Gasteiger charge is 2.30. The van der Waals surface area contributed by atoms with Crippen LogP contribution in [0.1, 0.15) is 21.9 Å². The molecule has 0 unspecified atom stereocenters. The van der Waals surface area contributed by atoms with E-state index in [-0.39, 0.29) is 5.03 Å². The van der Waals surface area contributed by atoms with E-state index in [2.05, 4.69) is 4.98 Å². The smallest absolute Gasteiger partial charge is 0.204 e. The van der Waals surface area contributed by atoms with Crippen LogP contribution in [0.15, 0.2) is 47.6 Å². The first-order valence-electron chi connectivity index (χ1n) is 6.29. The fourth-order valence-electron chi connectivity index (χ4n) is 2.13. The summed E-state index contributed by atoms with van der Waals surface area (Å²) in [5, 5.41) is 8.58. The summed E-state index contributed by atoms with van der Waals surface area (Å²) in [7, 11) is -3.70. The summed E-state index contributed by atoms with van der Waals surface area (Å²) in [6.45, 7) is 3.26. The molecule has 4 nitrogen and oxygen atoms in total.